The highest BCUT2D eigenvalue weighted by atomic mass is 127. The first-order chi connectivity index (χ1) is 8.70. The van der Waals surface area contributed by atoms with Gasteiger partial charge in [0.05, 0.1) is 5.69 Å². The minimum Gasteiger partial charge on any atom is -0.450 e. The Morgan fingerprint density at radius 1 is 1.44 bits per heavy atom. The van der Waals surface area contributed by atoms with Crippen molar-refractivity contribution in [1.29, 1.82) is 0 Å². The van der Waals surface area contributed by atoms with Crippen LogP contribution >= 0.6 is 22.6 Å². The molecule has 0 radical (unpaired) electrons. The first-order valence-electron chi connectivity index (χ1n) is 4.95. The van der Waals surface area contributed by atoms with E-state index in [1.807, 2.05) is 41.9 Å². The third-order valence-corrected chi connectivity index (χ3v) is 2.48. The number of hydrogen-bond acceptors (Lipinski definition) is 4. The van der Waals surface area contributed by atoms with Crippen molar-refractivity contribution >= 4 is 22.6 Å². The molecule has 0 aromatic carbocycles. The van der Waals surface area contributed by atoms with E-state index in [9.17, 15) is 4.39 Å². The lowest BCUT2D eigenvalue weighted by molar-refractivity contribution is 0.328. The molecule has 0 aliphatic carbocycles. The summed E-state index contributed by atoms with van der Waals surface area (Å²) in [5.74, 6) is 2.90. The van der Waals surface area contributed by atoms with Crippen LogP contribution < -0.4 is 4.74 Å². The fourth-order valence-electron chi connectivity index (χ4n) is 1.33. The average Bonchev–Trinajstić information content (AvgIpc) is 2.75. The second-order valence-corrected chi connectivity index (χ2v) is 3.81. The summed E-state index contributed by atoms with van der Waals surface area (Å²) >= 11 is 1.88. The quantitative estimate of drug-likeness (QED) is 0.620. The molecule has 5 nitrogen and oxygen atoms in total. The Balaban J connectivity index is 2.31. The van der Waals surface area contributed by atoms with Crippen LogP contribution in [-0.2, 0) is 7.05 Å². The summed E-state index contributed by atoms with van der Waals surface area (Å²) in [7, 11) is 1.82. The average molecular weight is 358 g/mol. The number of aromatic nitrogens is 4. The van der Waals surface area contributed by atoms with Crippen LogP contribution in [0.5, 0.6) is 6.01 Å². The van der Waals surface area contributed by atoms with Gasteiger partial charge in [0.1, 0.15) is 0 Å². The molecule has 0 fully saturated rings. The van der Waals surface area contributed by atoms with Crippen molar-refractivity contribution in [2.75, 3.05) is 6.61 Å². The topological polar surface area (TPSA) is 52.8 Å². The molecule has 0 saturated heterocycles. The number of rotatable bonds is 3. The van der Waals surface area contributed by atoms with Crippen molar-refractivity contribution in [1.82, 2.24) is 19.5 Å². The Morgan fingerprint density at radius 2 is 2.28 bits per heavy atom. The second kappa shape index (κ2) is 5.77. The van der Waals surface area contributed by atoms with Gasteiger partial charge in [0, 0.05) is 35.8 Å². The van der Waals surface area contributed by atoms with E-state index in [4.69, 9.17) is 4.74 Å². The van der Waals surface area contributed by atoms with Crippen LogP contribution in [0.1, 0.15) is 0 Å². The van der Waals surface area contributed by atoms with Crippen LogP contribution in [0.3, 0.4) is 0 Å². The van der Waals surface area contributed by atoms with E-state index in [0.29, 0.717) is 5.69 Å². The van der Waals surface area contributed by atoms with Gasteiger partial charge in [0.25, 0.3) is 0 Å². The van der Waals surface area contributed by atoms with Crippen LogP contribution in [0.25, 0.3) is 11.5 Å². The molecule has 0 atom stereocenters. The van der Waals surface area contributed by atoms with Gasteiger partial charge >= 0.3 is 12.1 Å². The number of ether oxygens (including phenoxy) is 1. The molecule has 2 rings (SSSR count). The van der Waals surface area contributed by atoms with Crippen molar-refractivity contribution in [3.63, 3.8) is 0 Å². The first kappa shape index (κ1) is 12.8. The molecule has 0 N–H and O–H groups in total. The van der Waals surface area contributed by atoms with Crippen LogP contribution in [0, 0.1) is 15.9 Å². The maximum atomic E-state index is 13.3. The van der Waals surface area contributed by atoms with Gasteiger partial charge in [-0.3, -0.25) is 0 Å². The van der Waals surface area contributed by atoms with Crippen molar-refractivity contribution < 1.29 is 9.13 Å². The zero-order valence-electron chi connectivity index (χ0n) is 9.39. The van der Waals surface area contributed by atoms with E-state index >= 15 is 0 Å². The summed E-state index contributed by atoms with van der Waals surface area (Å²) in [6.45, 7) is 0.110. The number of halogens is 2. The third kappa shape index (κ3) is 2.95. The Hall–Kier alpha value is -1.69. The van der Waals surface area contributed by atoms with E-state index in [1.54, 1.807) is 10.6 Å². The third-order valence-electron chi connectivity index (χ3n) is 2.10. The van der Waals surface area contributed by atoms with Gasteiger partial charge in [-0.1, -0.05) is 5.92 Å². The summed E-state index contributed by atoms with van der Waals surface area (Å²) in [4.78, 5) is 11.1. The number of hydrogen-bond donors (Lipinski definition) is 0. The minimum atomic E-state index is -0.876. The number of nitrogens with zero attached hydrogens (tertiary/aromatic N) is 4. The summed E-state index contributed by atoms with van der Waals surface area (Å²) in [5.41, 5.74) is 0.682. The van der Waals surface area contributed by atoms with E-state index in [-0.39, 0.29) is 18.4 Å². The highest BCUT2D eigenvalue weighted by Gasteiger charge is 2.10. The van der Waals surface area contributed by atoms with E-state index < -0.39 is 6.08 Å². The molecule has 2 aromatic rings. The first-order valence-corrected chi connectivity index (χ1v) is 6.03. The van der Waals surface area contributed by atoms with Crippen LogP contribution in [0.2, 0.25) is 0 Å². The molecule has 0 amide bonds. The van der Waals surface area contributed by atoms with Crippen molar-refractivity contribution in [3.05, 3.63) is 24.4 Å². The maximum absolute atomic E-state index is 13.3. The lowest BCUT2D eigenvalue weighted by atomic mass is 10.4. The fraction of sp³-hybridized carbons (Fsp3) is 0.182. The molecule has 7 heteroatoms. The molecule has 2 heterocycles. The van der Waals surface area contributed by atoms with Crippen LogP contribution in [0.15, 0.2) is 18.3 Å². The predicted octanol–water partition coefficient (Wildman–Crippen LogP) is 1.79. The maximum Gasteiger partial charge on any atom is 0.323 e. The van der Waals surface area contributed by atoms with Crippen molar-refractivity contribution in [2.45, 2.75) is 0 Å². The lowest BCUT2D eigenvalue weighted by Crippen LogP contribution is -2.05. The molecule has 2 aromatic heterocycles. The molecule has 18 heavy (non-hydrogen) atoms. The SMILES string of the molecule is Cn1cccc1-c1nc(F)nc(OCC#CI)n1. The zero-order chi connectivity index (χ0) is 13.0. The van der Waals surface area contributed by atoms with Crippen molar-refractivity contribution in [2.24, 2.45) is 7.05 Å². The summed E-state index contributed by atoms with van der Waals surface area (Å²) in [5, 5.41) is 0. The monoisotopic (exact) mass is 358 g/mol. The van der Waals surface area contributed by atoms with Gasteiger partial charge in [-0.05, 0) is 16.1 Å². The molecule has 0 aliphatic heterocycles. The predicted molar refractivity (Wildman–Crippen MR) is 71.5 cm³/mol. The summed E-state index contributed by atoms with van der Waals surface area (Å²) in [6.07, 6.45) is 0.942. The fourth-order valence-corrected chi connectivity index (χ4v) is 1.49. The molecule has 0 unspecified atom stereocenters. The van der Waals surface area contributed by atoms with E-state index in [2.05, 4.69) is 24.8 Å². The molecular weight excluding hydrogens is 350 g/mol. The molecule has 92 valence electrons. The van der Waals surface area contributed by atoms with Gasteiger partial charge in [-0.15, -0.1) is 4.98 Å². The lowest BCUT2D eigenvalue weighted by Gasteiger charge is -2.04. The zero-order valence-corrected chi connectivity index (χ0v) is 11.5. The van der Waals surface area contributed by atoms with Crippen molar-refractivity contribution in [3.8, 4) is 27.4 Å². The molecular formula is C11H8FIN4O. The van der Waals surface area contributed by atoms with Gasteiger partial charge in [0.15, 0.2) is 12.4 Å². The highest BCUT2D eigenvalue weighted by Crippen LogP contribution is 2.16. The Labute approximate surface area is 117 Å². The van der Waals surface area contributed by atoms with E-state index in [0.717, 1.165) is 0 Å². The molecule has 0 aliphatic rings. The van der Waals surface area contributed by atoms with Gasteiger partial charge < -0.3 is 9.30 Å². The van der Waals surface area contributed by atoms with Crippen LogP contribution in [-0.4, -0.2) is 26.1 Å². The largest absolute Gasteiger partial charge is 0.450 e. The summed E-state index contributed by atoms with van der Waals surface area (Å²) < 4.78 is 22.8. The summed E-state index contributed by atoms with van der Waals surface area (Å²) in [6, 6.07) is 3.53. The van der Waals surface area contributed by atoms with E-state index in [1.165, 1.54) is 0 Å². The number of aryl methyl sites for hydroxylation is 1. The van der Waals surface area contributed by atoms with Gasteiger partial charge in [0.2, 0.25) is 0 Å². The normalized spacial score (nSPS) is 9.72. The smallest absolute Gasteiger partial charge is 0.323 e. The Bertz CT molecular complexity index is 617. The van der Waals surface area contributed by atoms with Crippen LogP contribution in [0.4, 0.5) is 4.39 Å². The Kier molecular flexibility index (Phi) is 4.09. The molecule has 0 bridgehead atoms. The molecule has 0 saturated carbocycles. The Morgan fingerprint density at radius 3 is 2.94 bits per heavy atom. The standard InChI is InChI=1S/C11H8FIN4O/c1-17-6-2-4-8(17)9-14-10(12)16-11(15-9)18-7-3-5-13/h2,4,6H,7H2,1H3. The van der Waals surface area contributed by atoms with Gasteiger partial charge in [-0.2, -0.15) is 14.4 Å². The molecule has 0 spiro atoms. The van der Waals surface area contributed by atoms with Gasteiger partial charge in [-0.25, -0.2) is 0 Å². The highest BCUT2D eigenvalue weighted by molar-refractivity contribution is 14.1. The minimum absolute atomic E-state index is 0.0714. The second-order valence-electron chi connectivity index (χ2n) is 3.27.